The Hall–Kier alpha value is -4.00. The van der Waals surface area contributed by atoms with Crippen LogP contribution in [0.3, 0.4) is 0 Å². The van der Waals surface area contributed by atoms with Crippen molar-refractivity contribution >= 4 is 28.7 Å². The molecule has 2 N–H and O–H groups in total. The predicted octanol–water partition coefficient (Wildman–Crippen LogP) is 4.84. The molecule has 1 heterocycles. The highest BCUT2D eigenvalue weighted by atomic mass is 19.1. The molecule has 4 rings (SSSR count). The summed E-state index contributed by atoms with van der Waals surface area (Å²) in [6.07, 6.45) is 1.63. The van der Waals surface area contributed by atoms with Gasteiger partial charge in [-0.2, -0.15) is 5.10 Å². The van der Waals surface area contributed by atoms with Crippen LogP contribution in [0.25, 0.3) is 10.9 Å². The fourth-order valence-electron chi connectivity index (χ4n) is 3.56. The quantitative estimate of drug-likeness (QED) is 0.324. The fourth-order valence-corrected chi connectivity index (χ4v) is 3.56. The Morgan fingerprint density at radius 2 is 1.62 bits per heavy atom. The van der Waals surface area contributed by atoms with Crippen molar-refractivity contribution in [1.29, 1.82) is 0 Å². The average Bonchev–Trinajstić information content (AvgIpc) is 3.06. The highest BCUT2D eigenvalue weighted by molar-refractivity contribution is 6.01. The number of nitrogens with zero attached hydrogens (tertiary/aromatic N) is 2. The summed E-state index contributed by atoms with van der Waals surface area (Å²) in [6.45, 7) is 2.59. The van der Waals surface area contributed by atoms with Crippen molar-refractivity contribution in [2.24, 2.45) is 5.10 Å². The first-order valence-electron chi connectivity index (χ1n) is 10.1. The highest BCUT2D eigenvalue weighted by Gasteiger charge is 2.13. The Morgan fingerprint density at radius 1 is 0.969 bits per heavy atom. The predicted molar refractivity (Wildman–Crippen MR) is 123 cm³/mol. The monoisotopic (exact) mass is 432 g/mol. The van der Waals surface area contributed by atoms with Crippen molar-refractivity contribution in [2.75, 3.05) is 11.9 Å². The molecule has 0 atom stereocenters. The van der Waals surface area contributed by atoms with E-state index < -0.39 is 0 Å². The maximum absolute atomic E-state index is 13.3. The molecule has 4 aromatic rings. The number of hydrazone groups is 1. The first kappa shape index (κ1) is 21.2. The molecule has 7 heteroatoms. The van der Waals surface area contributed by atoms with Crippen LogP contribution in [0.5, 0.6) is 0 Å². The number of anilines is 1. The van der Waals surface area contributed by atoms with Crippen LogP contribution in [0, 0.1) is 18.6 Å². The van der Waals surface area contributed by atoms with Crippen molar-refractivity contribution < 1.29 is 13.6 Å². The van der Waals surface area contributed by atoms with Gasteiger partial charge in [-0.05, 0) is 55.0 Å². The molecule has 0 radical (unpaired) electrons. The van der Waals surface area contributed by atoms with Crippen LogP contribution in [0.4, 0.5) is 14.5 Å². The van der Waals surface area contributed by atoms with Crippen LogP contribution in [0.15, 0.2) is 77.9 Å². The van der Waals surface area contributed by atoms with Crippen LogP contribution >= 0.6 is 0 Å². The third-order valence-corrected chi connectivity index (χ3v) is 5.21. The van der Waals surface area contributed by atoms with Crippen LogP contribution in [-0.2, 0) is 11.3 Å². The molecular weight excluding hydrogens is 410 g/mol. The van der Waals surface area contributed by atoms with E-state index in [1.54, 1.807) is 30.5 Å². The number of para-hydroxylation sites is 1. The zero-order valence-corrected chi connectivity index (χ0v) is 17.5. The van der Waals surface area contributed by atoms with E-state index in [2.05, 4.69) is 20.4 Å². The molecule has 3 aromatic carbocycles. The van der Waals surface area contributed by atoms with Crippen LogP contribution in [0.2, 0.25) is 0 Å². The summed E-state index contributed by atoms with van der Waals surface area (Å²) < 4.78 is 28.4. The number of rotatable bonds is 7. The van der Waals surface area contributed by atoms with Crippen molar-refractivity contribution in [3.05, 3.63) is 101 Å². The van der Waals surface area contributed by atoms with Crippen LogP contribution < -0.4 is 10.7 Å². The molecule has 0 aliphatic heterocycles. The lowest BCUT2D eigenvalue weighted by Crippen LogP contribution is -2.25. The Balaban J connectivity index is 1.48. The molecular formula is C25H22F2N4O. The van der Waals surface area contributed by atoms with Gasteiger partial charge in [0.15, 0.2) is 0 Å². The Labute approximate surface area is 184 Å². The van der Waals surface area contributed by atoms with Gasteiger partial charge in [-0.25, -0.2) is 14.2 Å². The summed E-state index contributed by atoms with van der Waals surface area (Å²) in [5.74, 6) is -0.919. The second-order valence-electron chi connectivity index (χ2n) is 7.38. The van der Waals surface area contributed by atoms with Crippen molar-refractivity contribution in [1.82, 2.24) is 9.99 Å². The van der Waals surface area contributed by atoms with E-state index in [1.165, 1.54) is 24.3 Å². The van der Waals surface area contributed by atoms with Gasteiger partial charge < -0.3 is 9.88 Å². The van der Waals surface area contributed by atoms with Crippen molar-refractivity contribution in [3.63, 3.8) is 0 Å². The van der Waals surface area contributed by atoms with Gasteiger partial charge in [0.1, 0.15) is 11.6 Å². The van der Waals surface area contributed by atoms with Gasteiger partial charge in [-0.1, -0.05) is 30.3 Å². The topological polar surface area (TPSA) is 58.4 Å². The van der Waals surface area contributed by atoms with Gasteiger partial charge in [0.25, 0.3) is 5.91 Å². The average molecular weight is 432 g/mol. The van der Waals surface area contributed by atoms with E-state index in [0.29, 0.717) is 12.2 Å². The number of carbonyl (C=O) groups excluding carboxylic acids is 1. The van der Waals surface area contributed by atoms with Gasteiger partial charge in [0, 0.05) is 34.4 Å². The number of aromatic nitrogens is 1. The van der Waals surface area contributed by atoms with Crippen molar-refractivity contribution in [2.45, 2.75) is 13.5 Å². The van der Waals surface area contributed by atoms with Gasteiger partial charge in [0.2, 0.25) is 0 Å². The molecule has 1 amide bonds. The molecule has 0 bridgehead atoms. The van der Waals surface area contributed by atoms with E-state index in [1.807, 2.05) is 31.2 Å². The van der Waals surface area contributed by atoms with Crippen LogP contribution in [0.1, 0.15) is 16.8 Å². The minimum atomic E-state index is -0.335. The smallest absolute Gasteiger partial charge is 0.259 e. The van der Waals surface area contributed by atoms with Gasteiger partial charge in [-0.3, -0.25) is 4.79 Å². The zero-order chi connectivity index (χ0) is 22.5. The van der Waals surface area contributed by atoms with E-state index in [9.17, 15) is 13.6 Å². The normalized spacial score (nSPS) is 11.2. The number of hydrogen-bond acceptors (Lipinski definition) is 3. The number of amides is 1. The molecule has 0 aliphatic rings. The molecule has 0 saturated heterocycles. The number of carbonyl (C=O) groups is 1. The lowest BCUT2D eigenvalue weighted by atomic mass is 10.1. The van der Waals surface area contributed by atoms with Gasteiger partial charge in [-0.15, -0.1) is 0 Å². The molecule has 0 saturated carbocycles. The minimum absolute atomic E-state index is 0.00822. The summed E-state index contributed by atoms with van der Waals surface area (Å²) in [5, 5.41) is 8.05. The second kappa shape index (κ2) is 9.43. The summed E-state index contributed by atoms with van der Waals surface area (Å²) in [6, 6.07) is 20.2. The third kappa shape index (κ3) is 4.83. The molecule has 5 nitrogen and oxygen atoms in total. The standard InChI is InChI=1S/C25H22F2N4O/c1-17-23(14-29-30-25(32)15-28-21-12-10-20(27)11-13-21)22-4-2-3-5-24(22)31(17)16-18-6-8-19(26)9-7-18/h2-14,28H,15-16H2,1H3,(H,30,32)/b29-14-. The molecule has 0 unspecified atom stereocenters. The maximum atomic E-state index is 13.3. The van der Waals surface area contributed by atoms with E-state index in [-0.39, 0.29) is 24.1 Å². The number of fused-ring (bicyclic) bond motifs is 1. The molecule has 32 heavy (non-hydrogen) atoms. The molecule has 162 valence electrons. The van der Waals surface area contributed by atoms with Gasteiger partial charge in [0.05, 0.1) is 12.8 Å². The Kier molecular flexibility index (Phi) is 6.26. The minimum Gasteiger partial charge on any atom is -0.376 e. The Morgan fingerprint density at radius 3 is 2.34 bits per heavy atom. The molecule has 0 fully saturated rings. The largest absolute Gasteiger partial charge is 0.376 e. The summed E-state index contributed by atoms with van der Waals surface area (Å²) in [7, 11) is 0. The van der Waals surface area contributed by atoms with Gasteiger partial charge >= 0.3 is 0 Å². The second-order valence-corrected chi connectivity index (χ2v) is 7.38. The number of benzene rings is 3. The number of hydrogen-bond donors (Lipinski definition) is 2. The first-order chi connectivity index (χ1) is 15.5. The highest BCUT2D eigenvalue weighted by Crippen LogP contribution is 2.25. The Bertz CT molecular complexity index is 1260. The first-order valence-corrected chi connectivity index (χ1v) is 10.1. The van der Waals surface area contributed by atoms with Crippen molar-refractivity contribution in [3.8, 4) is 0 Å². The summed E-state index contributed by atoms with van der Waals surface area (Å²) >= 11 is 0. The van der Waals surface area contributed by atoms with E-state index in [4.69, 9.17) is 0 Å². The number of nitrogens with one attached hydrogen (secondary N) is 2. The maximum Gasteiger partial charge on any atom is 0.259 e. The lowest BCUT2D eigenvalue weighted by Gasteiger charge is -2.09. The zero-order valence-electron chi connectivity index (χ0n) is 17.5. The fraction of sp³-hybridized carbons (Fsp3) is 0.120. The molecule has 1 aromatic heterocycles. The SMILES string of the molecule is Cc1c(/C=N\NC(=O)CNc2ccc(F)cc2)c2ccccc2n1Cc1ccc(F)cc1. The van der Waals surface area contributed by atoms with Crippen LogP contribution in [-0.4, -0.2) is 23.2 Å². The lowest BCUT2D eigenvalue weighted by molar-refractivity contribution is -0.119. The third-order valence-electron chi connectivity index (χ3n) is 5.21. The number of halogens is 2. The molecule has 0 aliphatic carbocycles. The summed E-state index contributed by atoms with van der Waals surface area (Å²) in [4.78, 5) is 12.1. The summed E-state index contributed by atoms with van der Waals surface area (Å²) in [5.41, 5.74) is 7.05. The van der Waals surface area contributed by atoms with E-state index in [0.717, 1.165) is 27.7 Å². The molecule has 0 spiro atoms. The van der Waals surface area contributed by atoms with E-state index >= 15 is 0 Å².